The van der Waals surface area contributed by atoms with Crippen molar-refractivity contribution >= 4 is 23.0 Å². The van der Waals surface area contributed by atoms with Crippen LogP contribution in [0.15, 0.2) is 34.6 Å². The van der Waals surface area contributed by atoms with Crippen LogP contribution in [0.4, 0.5) is 5.69 Å². The van der Waals surface area contributed by atoms with Crippen molar-refractivity contribution in [3.63, 3.8) is 0 Å². The minimum absolute atomic E-state index is 0.641. The third-order valence-electron chi connectivity index (χ3n) is 3.69. The van der Waals surface area contributed by atoms with Gasteiger partial charge in [0, 0.05) is 62.5 Å². The lowest BCUT2D eigenvalue weighted by molar-refractivity contribution is 0.172. The first-order valence-electron chi connectivity index (χ1n) is 9.39. The highest BCUT2D eigenvalue weighted by atomic mass is 32.1. The first kappa shape index (κ1) is 21.2. The molecular weight excluding hydrogens is 360 g/mol. The zero-order valence-electron chi connectivity index (χ0n) is 16.5. The summed E-state index contributed by atoms with van der Waals surface area (Å²) in [5.74, 6) is 1.62. The SMILES string of the molecule is CCNC(=NCCCc1nc(C)cs1)Nc1cccc(OCCCOC)c1. The maximum absolute atomic E-state index is 5.75. The Morgan fingerprint density at radius 3 is 2.89 bits per heavy atom. The number of aryl methyl sites for hydroxylation is 2. The van der Waals surface area contributed by atoms with Gasteiger partial charge >= 0.3 is 0 Å². The van der Waals surface area contributed by atoms with Gasteiger partial charge < -0.3 is 20.1 Å². The van der Waals surface area contributed by atoms with Gasteiger partial charge in [0.1, 0.15) is 5.75 Å². The van der Waals surface area contributed by atoms with Crippen LogP contribution in [0.2, 0.25) is 0 Å². The molecule has 0 atom stereocenters. The molecule has 6 nitrogen and oxygen atoms in total. The van der Waals surface area contributed by atoms with Gasteiger partial charge in [-0.15, -0.1) is 11.3 Å². The van der Waals surface area contributed by atoms with Crippen molar-refractivity contribution in [3.05, 3.63) is 40.3 Å². The van der Waals surface area contributed by atoms with E-state index in [2.05, 4.69) is 32.9 Å². The lowest BCUT2D eigenvalue weighted by Crippen LogP contribution is -2.30. The number of nitrogens with one attached hydrogen (secondary N) is 2. The maximum atomic E-state index is 5.75. The number of ether oxygens (including phenoxy) is 2. The fourth-order valence-corrected chi connectivity index (χ4v) is 3.26. The van der Waals surface area contributed by atoms with E-state index in [-0.39, 0.29) is 0 Å². The Bertz CT molecular complexity index is 703. The smallest absolute Gasteiger partial charge is 0.195 e. The van der Waals surface area contributed by atoms with E-state index in [0.29, 0.717) is 13.2 Å². The average Bonchev–Trinajstić information content (AvgIpc) is 3.08. The molecule has 1 aromatic heterocycles. The van der Waals surface area contributed by atoms with Crippen molar-refractivity contribution in [2.45, 2.75) is 33.1 Å². The summed E-state index contributed by atoms with van der Waals surface area (Å²) in [5, 5.41) is 9.90. The molecular formula is C20H30N4O2S. The van der Waals surface area contributed by atoms with E-state index < -0.39 is 0 Å². The first-order valence-corrected chi connectivity index (χ1v) is 10.3. The summed E-state index contributed by atoms with van der Waals surface area (Å²) in [6.45, 7) is 6.99. The third kappa shape index (κ3) is 8.41. The van der Waals surface area contributed by atoms with Crippen LogP contribution in [0, 0.1) is 6.92 Å². The molecule has 0 aliphatic rings. The molecule has 0 saturated heterocycles. The molecule has 0 saturated carbocycles. The normalized spacial score (nSPS) is 11.4. The number of anilines is 1. The number of hydrogen-bond donors (Lipinski definition) is 2. The summed E-state index contributed by atoms with van der Waals surface area (Å²) < 4.78 is 10.8. The third-order valence-corrected chi connectivity index (χ3v) is 4.71. The van der Waals surface area contributed by atoms with Crippen molar-refractivity contribution in [1.29, 1.82) is 0 Å². The highest BCUT2D eigenvalue weighted by Gasteiger charge is 2.02. The van der Waals surface area contributed by atoms with Crippen molar-refractivity contribution in [2.24, 2.45) is 4.99 Å². The molecule has 0 aliphatic heterocycles. The van der Waals surface area contributed by atoms with Gasteiger partial charge in [-0.25, -0.2) is 4.98 Å². The minimum atomic E-state index is 0.641. The number of benzene rings is 1. The van der Waals surface area contributed by atoms with Crippen LogP contribution in [0.3, 0.4) is 0 Å². The van der Waals surface area contributed by atoms with Gasteiger partial charge in [-0.3, -0.25) is 4.99 Å². The van der Waals surface area contributed by atoms with E-state index in [1.165, 1.54) is 5.01 Å². The van der Waals surface area contributed by atoms with Gasteiger partial charge in [-0.2, -0.15) is 0 Å². The second kappa shape index (κ2) is 12.3. The lowest BCUT2D eigenvalue weighted by atomic mass is 10.3. The zero-order valence-corrected chi connectivity index (χ0v) is 17.3. The quantitative estimate of drug-likeness (QED) is 0.346. The Kier molecular flexibility index (Phi) is 9.65. The van der Waals surface area contributed by atoms with Gasteiger partial charge in [0.05, 0.1) is 11.6 Å². The molecule has 2 N–H and O–H groups in total. The highest BCUT2D eigenvalue weighted by molar-refractivity contribution is 7.09. The molecule has 1 aromatic carbocycles. The predicted molar refractivity (Wildman–Crippen MR) is 113 cm³/mol. The van der Waals surface area contributed by atoms with Crippen LogP contribution in [0.1, 0.15) is 30.5 Å². The van der Waals surface area contributed by atoms with E-state index in [9.17, 15) is 0 Å². The number of nitrogens with zero attached hydrogens (tertiary/aromatic N) is 2. The first-order chi connectivity index (χ1) is 13.2. The van der Waals surface area contributed by atoms with Crippen molar-refractivity contribution in [2.75, 3.05) is 38.7 Å². The molecule has 1 heterocycles. The van der Waals surface area contributed by atoms with E-state index >= 15 is 0 Å². The van der Waals surface area contributed by atoms with Crippen LogP contribution in [0.25, 0.3) is 0 Å². The molecule has 7 heteroatoms. The second-order valence-electron chi connectivity index (χ2n) is 6.09. The Hall–Kier alpha value is -2.12. The topological polar surface area (TPSA) is 67.8 Å². The molecule has 0 radical (unpaired) electrons. The monoisotopic (exact) mass is 390 g/mol. The number of hydrogen-bond acceptors (Lipinski definition) is 5. The Balaban J connectivity index is 1.84. The zero-order chi connectivity index (χ0) is 19.3. The summed E-state index contributed by atoms with van der Waals surface area (Å²) in [6.07, 6.45) is 2.81. The van der Waals surface area contributed by atoms with Crippen LogP contribution in [-0.4, -0.2) is 44.4 Å². The number of methoxy groups -OCH3 is 1. The molecule has 0 amide bonds. The predicted octanol–water partition coefficient (Wildman–Crippen LogP) is 3.88. The Labute approximate surface area is 166 Å². The standard InChI is InChI=1S/C20H30N4O2S/c1-4-21-20(22-11-6-10-19-23-16(2)15-27-19)24-17-8-5-9-18(14-17)26-13-7-12-25-3/h5,8-9,14-15H,4,6-7,10-13H2,1-3H3,(H2,21,22,24). The molecule has 0 spiro atoms. The van der Waals surface area contributed by atoms with Crippen molar-refractivity contribution in [1.82, 2.24) is 10.3 Å². The van der Waals surface area contributed by atoms with Gasteiger partial charge in [0.25, 0.3) is 0 Å². The summed E-state index contributed by atoms with van der Waals surface area (Å²) in [5.41, 5.74) is 2.05. The second-order valence-corrected chi connectivity index (χ2v) is 7.04. The number of thiazole rings is 1. The molecule has 0 bridgehead atoms. The largest absolute Gasteiger partial charge is 0.493 e. The van der Waals surface area contributed by atoms with Crippen LogP contribution < -0.4 is 15.4 Å². The van der Waals surface area contributed by atoms with Gasteiger partial charge in [-0.1, -0.05) is 6.07 Å². The van der Waals surface area contributed by atoms with Gasteiger partial charge in [0.15, 0.2) is 5.96 Å². The Morgan fingerprint density at radius 2 is 2.15 bits per heavy atom. The van der Waals surface area contributed by atoms with Crippen LogP contribution in [-0.2, 0) is 11.2 Å². The molecule has 0 fully saturated rings. The average molecular weight is 391 g/mol. The number of guanidine groups is 1. The van der Waals surface area contributed by atoms with Crippen molar-refractivity contribution < 1.29 is 9.47 Å². The van der Waals surface area contributed by atoms with E-state index in [0.717, 1.165) is 55.4 Å². The molecule has 0 aliphatic carbocycles. The van der Waals surface area contributed by atoms with Crippen molar-refractivity contribution in [3.8, 4) is 5.75 Å². The minimum Gasteiger partial charge on any atom is -0.493 e. The number of aromatic nitrogens is 1. The molecule has 0 unspecified atom stereocenters. The lowest BCUT2D eigenvalue weighted by Gasteiger charge is -2.13. The summed E-state index contributed by atoms with van der Waals surface area (Å²) in [4.78, 5) is 9.15. The molecule has 148 valence electrons. The fourth-order valence-electron chi connectivity index (χ4n) is 2.44. The highest BCUT2D eigenvalue weighted by Crippen LogP contribution is 2.17. The summed E-state index contributed by atoms with van der Waals surface area (Å²) in [7, 11) is 1.70. The number of aliphatic imine (C=N–C) groups is 1. The molecule has 2 aromatic rings. The van der Waals surface area contributed by atoms with Gasteiger partial charge in [-0.05, 0) is 32.4 Å². The van der Waals surface area contributed by atoms with Crippen LogP contribution in [0.5, 0.6) is 5.75 Å². The van der Waals surface area contributed by atoms with E-state index in [1.54, 1.807) is 18.4 Å². The molecule has 2 rings (SSSR count). The summed E-state index contributed by atoms with van der Waals surface area (Å²) >= 11 is 1.72. The number of rotatable bonds is 11. The van der Waals surface area contributed by atoms with Gasteiger partial charge in [0.2, 0.25) is 0 Å². The Morgan fingerprint density at radius 1 is 1.26 bits per heavy atom. The fraction of sp³-hybridized carbons (Fsp3) is 0.500. The summed E-state index contributed by atoms with van der Waals surface area (Å²) in [6, 6.07) is 7.92. The van der Waals surface area contributed by atoms with E-state index in [1.807, 2.05) is 31.2 Å². The van der Waals surface area contributed by atoms with E-state index in [4.69, 9.17) is 9.47 Å². The van der Waals surface area contributed by atoms with Crippen LogP contribution >= 0.6 is 11.3 Å². The maximum Gasteiger partial charge on any atom is 0.195 e. The molecule has 27 heavy (non-hydrogen) atoms.